The number of hydrogen-bond acceptors (Lipinski definition) is 9. The number of nitrogen functional groups attached to an aromatic ring is 1. The molecule has 30 heavy (non-hydrogen) atoms. The fourth-order valence-corrected chi connectivity index (χ4v) is 3.16. The van der Waals surface area contributed by atoms with Crippen LogP contribution in [0.5, 0.6) is 0 Å². The van der Waals surface area contributed by atoms with Crippen LogP contribution in [0.15, 0.2) is 12.3 Å². The maximum absolute atomic E-state index is 13.6. The highest BCUT2D eigenvalue weighted by Gasteiger charge is 2.37. The van der Waals surface area contributed by atoms with Crippen molar-refractivity contribution in [3.63, 3.8) is 0 Å². The number of amides is 1. The third-order valence-electron chi connectivity index (χ3n) is 4.60. The first-order valence-electron chi connectivity index (χ1n) is 9.19. The Kier molecular flexibility index (Phi) is 5.28. The number of hydrogen-bond donors (Lipinski definition) is 1. The van der Waals surface area contributed by atoms with Gasteiger partial charge in [0.2, 0.25) is 11.9 Å². The van der Waals surface area contributed by atoms with E-state index in [1.807, 2.05) is 0 Å². The summed E-state index contributed by atoms with van der Waals surface area (Å²) < 4.78 is 51.1. The fourth-order valence-electron chi connectivity index (χ4n) is 3.16. The molecule has 0 aliphatic carbocycles. The van der Waals surface area contributed by atoms with Gasteiger partial charge in [-0.15, -0.1) is 0 Å². The third kappa shape index (κ3) is 4.06. The van der Waals surface area contributed by atoms with Gasteiger partial charge in [-0.2, -0.15) is 18.2 Å². The number of aromatic nitrogens is 4. The van der Waals surface area contributed by atoms with Gasteiger partial charge in [-0.3, -0.25) is 4.90 Å². The minimum Gasteiger partial charge on any atom is -0.449 e. The van der Waals surface area contributed by atoms with Gasteiger partial charge in [0.05, 0.1) is 25.5 Å². The number of ether oxygens (including phenoxy) is 2. The molecule has 160 valence electrons. The number of alkyl halides is 3. The molecule has 0 bridgehead atoms. The first-order chi connectivity index (χ1) is 14.3. The molecule has 2 fully saturated rings. The van der Waals surface area contributed by atoms with Crippen molar-refractivity contribution in [2.75, 3.05) is 55.0 Å². The van der Waals surface area contributed by atoms with Crippen LogP contribution in [0.1, 0.15) is 12.1 Å². The number of anilines is 3. The minimum absolute atomic E-state index is 0.0767. The number of morpholine rings is 1. The van der Waals surface area contributed by atoms with Crippen LogP contribution in [0.3, 0.4) is 0 Å². The number of nitrogens with zero attached hydrogens (tertiary/aromatic N) is 6. The first-order valence-corrected chi connectivity index (χ1v) is 9.19. The summed E-state index contributed by atoms with van der Waals surface area (Å²) in [6.07, 6.45) is -3.87. The Hall–Kier alpha value is -3.22. The van der Waals surface area contributed by atoms with E-state index in [9.17, 15) is 18.0 Å². The summed E-state index contributed by atoms with van der Waals surface area (Å²) in [6, 6.07) is 1.29. The van der Waals surface area contributed by atoms with E-state index in [0.29, 0.717) is 39.3 Å². The van der Waals surface area contributed by atoms with Gasteiger partial charge in [-0.25, -0.2) is 19.7 Å². The Balaban J connectivity index is 1.85. The number of nitrogens with two attached hydrogens (primary N) is 1. The lowest BCUT2D eigenvalue weighted by Crippen LogP contribution is -2.40. The van der Waals surface area contributed by atoms with Gasteiger partial charge in [0, 0.05) is 37.5 Å². The summed E-state index contributed by atoms with van der Waals surface area (Å²) in [7, 11) is 0. The van der Waals surface area contributed by atoms with Crippen molar-refractivity contribution in [1.82, 2.24) is 19.9 Å². The van der Waals surface area contributed by atoms with Crippen molar-refractivity contribution in [3.8, 4) is 11.3 Å². The Morgan fingerprint density at radius 1 is 1.07 bits per heavy atom. The van der Waals surface area contributed by atoms with Crippen LogP contribution in [-0.2, 0) is 15.7 Å². The van der Waals surface area contributed by atoms with Gasteiger partial charge in [0.1, 0.15) is 5.82 Å². The topological polar surface area (TPSA) is 120 Å². The minimum atomic E-state index is -4.78. The van der Waals surface area contributed by atoms with E-state index < -0.39 is 23.9 Å². The maximum Gasteiger partial charge on any atom is 0.434 e. The van der Waals surface area contributed by atoms with Gasteiger partial charge < -0.3 is 20.1 Å². The first kappa shape index (κ1) is 20.1. The van der Waals surface area contributed by atoms with Crippen molar-refractivity contribution in [3.05, 3.63) is 18.0 Å². The third-order valence-corrected chi connectivity index (χ3v) is 4.60. The van der Waals surface area contributed by atoms with E-state index in [4.69, 9.17) is 15.2 Å². The number of carbonyl (C=O) groups is 1. The van der Waals surface area contributed by atoms with Gasteiger partial charge in [-0.1, -0.05) is 0 Å². The molecule has 4 rings (SSSR count). The molecule has 2 aromatic rings. The van der Waals surface area contributed by atoms with Crippen molar-refractivity contribution >= 4 is 23.8 Å². The second-order valence-corrected chi connectivity index (χ2v) is 6.62. The second-order valence-electron chi connectivity index (χ2n) is 6.62. The fraction of sp³-hybridized carbons (Fsp3) is 0.471. The summed E-state index contributed by atoms with van der Waals surface area (Å²) in [5, 5.41) is 0. The van der Waals surface area contributed by atoms with Crippen LogP contribution in [0, 0.1) is 0 Å². The summed E-state index contributed by atoms with van der Waals surface area (Å²) in [4.78, 5) is 31.0. The van der Waals surface area contributed by atoms with Crippen LogP contribution in [0.2, 0.25) is 0 Å². The molecule has 13 heteroatoms. The molecular formula is C17H18F3N7O3. The number of cyclic esters (lactones) is 1. The highest BCUT2D eigenvalue weighted by Crippen LogP contribution is 2.36. The number of halogens is 3. The number of rotatable bonds is 3. The van der Waals surface area contributed by atoms with Crippen LogP contribution in [0.4, 0.5) is 35.7 Å². The molecule has 0 aromatic carbocycles. The normalized spacial score (nSPS) is 17.8. The van der Waals surface area contributed by atoms with Crippen LogP contribution in [-0.4, -0.2) is 65.5 Å². The Morgan fingerprint density at radius 2 is 1.83 bits per heavy atom. The van der Waals surface area contributed by atoms with Crippen LogP contribution >= 0.6 is 0 Å². The van der Waals surface area contributed by atoms with Crippen LogP contribution < -0.4 is 15.5 Å². The molecule has 2 N–H and O–H groups in total. The monoisotopic (exact) mass is 425 g/mol. The predicted molar refractivity (Wildman–Crippen MR) is 98.8 cm³/mol. The highest BCUT2D eigenvalue weighted by atomic mass is 19.4. The molecular weight excluding hydrogens is 407 g/mol. The largest absolute Gasteiger partial charge is 0.449 e. The van der Waals surface area contributed by atoms with Crippen molar-refractivity contribution in [2.45, 2.75) is 12.6 Å². The molecule has 2 saturated heterocycles. The van der Waals surface area contributed by atoms with Crippen molar-refractivity contribution < 1.29 is 27.4 Å². The molecule has 0 radical (unpaired) electrons. The molecule has 1 amide bonds. The van der Waals surface area contributed by atoms with Crippen molar-refractivity contribution in [1.29, 1.82) is 0 Å². The van der Waals surface area contributed by atoms with E-state index in [-0.39, 0.29) is 29.6 Å². The molecule has 2 aromatic heterocycles. The zero-order valence-corrected chi connectivity index (χ0v) is 15.7. The van der Waals surface area contributed by atoms with Crippen LogP contribution in [0.25, 0.3) is 11.3 Å². The zero-order valence-electron chi connectivity index (χ0n) is 15.7. The SMILES string of the molecule is Nc1ncc(-c2cc(N3CCCOC3=O)nc(N3CCOCC3)n2)c(C(F)(F)F)n1. The second kappa shape index (κ2) is 7.89. The molecule has 2 aliphatic rings. The molecule has 0 saturated carbocycles. The molecule has 10 nitrogen and oxygen atoms in total. The number of carbonyl (C=O) groups excluding carboxylic acids is 1. The Morgan fingerprint density at radius 3 is 2.53 bits per heavy atom. The lowest BCUT2D eigenvalue weighted by atomic mass is 10.1. The zero-order chi connectivity index (χ0) is 21.3. The van der Waals surface area contributed by atoms with Crippen molar-refractivity contribution in [2.24, 2.45) is 0 Å². The molecule has 0 unspecified atom stereocenters. The van der Waals surface area contributed by atoms with Gasteiger partial charge >= 0.3 is 12.3 Å². The summed E-state index contributed by atoms with van der Waals surface area (Å²) in [5.74, 6) is -0.196. The molecule has 0 spiro atoms. The molecule has 0 atom stereocenters. The summed E-state index contributed by atoms with van der Waals surface area (Å²) in [5.41, 5.74) is 3.72. The van der Waals surface area contributed by atoms with E-state index >= 15 is 0 Å². The molecule has 4 heterocycles. The lowest BCUT2D eigenvalue weighted by Gasteiger charge is -2.30. The summed E-state index contributed by atoms with van der Waals surface area (Å²) >= 11 is 0. The molecule has 2 aliphatic heterocycles. The van der Waals surface area contributed by atoms with E-state index in [2.05, 4.69) is 19.9 Å². The predicted octanol–water partition coefficient (Wildman–Crippen LogP) is 1.72. The summed E-state index contributed by atoms with van der Waals surface area (Å²) in [6.45, 7) is 2.35. The van der Waals surface area contributed by atoms with Gasteiger partial charge in [0.25, 0.3) is 0 Å². The smallest absolute Gasteiger partial charge is 0.434 e. The Labute approximate surface area is 168 Å². The quantitative estimate of drug-likeness (QED) is 0.784. The Bertz CT molecular complexity index is 951. The lowest BCUT2D eigenvalue weighted by molar-refractivity contribution is -0.140. The standard InChI is InChI=1S/C17H18F3N7O3/c18-17(19,20)13-10(9-22-14(21)25-13)11-8-12(27-2-1-5-30-16(27)28)24-15(23-11)26-3-6-29-7-4-26/h8-9H,1-7H2,(H2,21,22,25). The maximum atomic E-state index is 13.6. The van der Waals surface area contributed by atoms with E-state index in [0.717, 1.165) is 6.20 Å². The average Bonchev–Trinajstić information content (AvgIpc) is 2.74. The van der Waals surface area contributed by atoms with Gasteiger partial charge in [0.15, 0.2) is 5.69 Å². The van der Waals surface area contributed by atoms with Gasteiger partial charge in [-0.05, 0) is 6.42 Å². The van der Waals surface area contributed by atoms with E-state index in [1.54, 1.807) is 4.90 Å². The highest BCUT2D eigenvalue weighted by molar-refractivity contribution is 5.88. The van der Waals surface area contributed by atoms with E-state index in [1.165, 1.54) is 11.0 Å². The average molecular weight is 425 g/mol.